The third-order valence-corrected chi connectivity index (χ3v) is 7.96. The van der Waals surface area contributed by atoms with Gasteiger partial charge in [-0.3, -0.25) is 9.59 Å². The Kier molecular flexibility index (Phi) is 9.81. The zero-order valence-corrected chi connectivity index (χ0v) is 24.9. The first-order chi connectivity index (χ1) is 21.5. The van der Waals surface area contributed by atoms with Crippen molar-refractivity contribution in [3.8, 4) is 22.4 Å². The number of amides is 2. The average molecular weight is 587 g/mol. The van der Waals surface area contributed by atoms with Crippen LogP contribution in [0.15, 0.2) is 116 Å². The van der Waals surface area contributed by atoms with Crippen molar-refractivity contribution < 1.29 is 9.59 Å². The summed E-state index contributed by atoms with van der Waals surface area (Å²) in [5.74, 6) is 0.232. The summed E-state index contributed by atoms with van der Waals surface area (Å²) >= 11 is 0. The number of nitrogens with one attached hydrogen (secondary N) is 2. The Balaban J connectivity index is 1.14. The van der Waals surface area contributed by atoms with Crippen molar-refractivity contribution in [2.45, 2.75) is 26.2 Å². The Bertz CT molecular complexity index is 1630. The topological polar surface area (TPSA) is 113 Å². The van der Waals surface area contributed by atoms with Crippen LogP contribution in [0.1, 0.15) is 26.2 Å². The number of primary amides is 1. The number of likely N-dealkylation sites (N-methyl/N-ethyl adjacent to an activating group) is 1. The lowest BCUT2D eigenvalue weighted by Crippen LogP contribution is -2.38. The van der Waals surface area contributed by atoms with E-state index >= 15 is 0 Å². The van der Waals surface area contributed by atoms with Gasteiger partial charge in [0.05, 0.1) is 11.1 Å². The minimum atomic E-state index is -0.780. The molecule has 4 N–H and O–H groups in total. The van der Waals surface area contributed by atoms with Gasteiger partial charge in [-0.1, -0.05) is 72.8 Å². The van der Waals surface area contributed by atoms with E-state index in [1.165, 1.54) is 0 Å². The highest BCUT2D eigenvalue weighted by atomic mass is 16.2. The van der Waals surface area contributed by atoms with Crippen LogP contribution in [0, 0.1) is 5.41 Å². The second-order valence-electron chi connectivity index (χ2n) is 10.8. The van der Waals surface area contributed by atoms with Gasteiger partial charge >= 0.3 is 0 Å². The van der Waals surface area contributed by atoms with Crippen molar-refractivity contribution in [1.29, 1.82) is 0 Å². The molecular weight excluding hydrogens is 548 g/mol. The molecule has 5 rings (SSSR count). The van der Waals surface area contributed by atoms with Crippen molar-refractivity contribution in [1.82, 2.24) is 15.3 Å². The average Bonchev–Trinajstić information content (AvgIpc) is 3.07. The summed E-state index contributed by atoms with van der Waals surface area (Å²) in [6.07, 6.45) is 10.2. The molecule has 1 heterocycles. The van der Waals surface area contributed by atoms with Crippen LogP contribution in [-0.4, -0.2) is 41.4 Å². The second-order valence-corrected chi connectivity index (χ2v) is 10.8. The monoisotopic (exact) mass is 586 g/mol. The fourth-order valence-corrected chi connectivity index (χ4v) is 5.36. The number of nitrogens with zero attached hydrogens (tertiary/aromatic N) is 3. The molecule has 44 heavy (non-hydrogen) atoms. The van der Waals surface area contributed by atoms with Crippen molar-refractivity contribution in [3.63, 3.8) is 0 Å². The quantitative estimate of drug-likeness (QED) is 0.170. The number of nitrogens with two attached hydrogens (primary N) is 1. The maximum Gasteiger partial charge on any atom is 0.227 e. The van der Waals surface area contributed by atoms with Gasteiger partial charge in [-0.05, 0) is 61.2 Å². The van der Waals surface area contributed by atoms with Gasteiger partial charge in [0.2, 0.25) is 11.8 Å². The molecule has 0 saturated heterocycles. The molecule has 0 spiro atoms. The molecule has 0 bridgehead atoms. The van der Waals surface area contributed by atoms with Crippen LogP contribution >= 0.6 is 0 Å². The molecule has 4 aromatic rings. The molecule has 2 amide bonds. The zero-order valence-electron chi connectivity index (χ0n) is 24.9. The van der Waals surface area contributed by atoms with Gasteiger partial charge in [0.25, 0.3) is 0 Å². The van der Waals surface area contributed by atoms with E-state index in [-0.39, 0.29) is 12.3 Å². The van der Waals surface area contributed by atoms with Crippen LogP contribution < -0.4 is 21.3 Å². The second kappa shape index (κ2) is 14.3. The summed E-state index contributed by atoms with van der Waals surface area (Å²) < 4.78 is 0. The van der Waals surface area contributed by atoms with Crippen molar-refractivity contribution in [2.24, 2.45) is 11.1 Å². The lowest BCUT2D eigenvalue weighted by atomic mass is 9.77. The lowest BCUT2D eigenvalue weighted by molar-refractivity contribution is -0.126. The van der Waals surface area contributed by atoms with E-state index in [4.69, 9.17) is 5.73 Å². The molecule has 0 radical (unpaired) electrons. The first kappa shape index (κ1) is 30.2. The molecule has 0 aliphatic heterocycles. The summed E-state index contributed by atoms with van der Waals surface area (Å²) in [6, 6.07) is 28.7. The van der Waals surface area contributed by atoms with Crippen LogP contribution in [0.25, 0.3) is 22.4 Å². The summed E-state index contributed by atoms with van der Waals surface area (Å²) in [7, 11) is 0. The number of hydrogen-bond acceptors (Lipinski definition) is 6. The Hall–Kier alpha value is -5.24. The SMILES string of the molecule is CCN(CCNC(=O)CCC1(C(N)=O)C=CC=CC1)c1ccc(Nc2cc(-c3cccc(-c4ccccc4)c3)ncn2)cc1. The summed E-state index contributed by atoms with van der Waals surface area (Å²) in [5, 5.41) is 6.37. The maximum absolute atomic E-state index is 12.5. The number of rotatable bonds is 13. The largest absolute Gasteiger partial charge is 0.370 e. The predicted molar refractivity (Wildman–Crippen MR) is 177 cm³/mol. The molecule has 8 nitrogen and oxygen atoms in total. The van der Waals surface area contributed by atoms with Crippen LogP contribution in [0.4, 0.5) is 17.2 Å². The molecule has 1 aliphatic carbocycles. The standard InChI is InChI=1S/C36H38N6O2/c1-2-42(23-22-38-34(43)18-21-36(35(37)44)19-7-4-8-20-36)31-16-14-30(15-17-31)41-33-25-32(39-26-40-33)29-13-9-12-28(24-29)27-10-5-3-6-11-27/h3-17,19,24-26H,2,18,20-23H2,1H3,(H2,37,44)(H,38,43)(H,39,40,41). The minimum absolute atomic E-state index is 0.0832. The number of carbonyl (C=O) groups excluding carboxylic acids is 2. The number of allylic oxidation sites excluding steroid dienone is 3. The molecular formula is C36H38N6O2. The van der Waals surface area contributed by atoms with Crippen LogP contribution in [0.3, 0.4) is 0 Å². The van der Waals surface area contributed by atoms with Gasteiger partial charge in [-0.15, -0.1) is 0 Å². The molecule has 1 atom stereocenters. The van der Waals surface area contributed by atoms with E-state index in [1.807, 2.05) is 66.8 Å². The molecule has 3 aromatic carbocycles. The van der Waals surface area contributed by atoms with Crippen molar-refractivity contribution in [2.75, 3.05) is 29.9 Å². The maximum atomic E-state index is 12.5. The van der Waals surface area contributed by atoms with Crippen LogP contribution in [-0.2, 0) is 9.59 Å². The van der Waals surface area contributed by atoms with E-state index in [1.54, 1.807) is 6.33 Å². The minimum Gasteiger partial charge on any atom is -0.370 e. The zero-order chi connectivity index (χ0) is 30.8. The normalized spacial score (nSPS) is 15.5. The smallest absolute Gasteiger partial charge is 0.227 e. The van der Waals surface area contributed by atoms with Crippen molar-refractivity contribution >= 4 is 29.0 Å². The first-order valence-electron chi connectivity index (χ1n) is 15.0. The van der Waals surface area contributed by atoms with Gasteiger partial charge in [0, 0.05) is 49.1 Å². The Morgan fingerprint density at radius 3 is 2.41 bits per heavy atom. The van der Waals surface area contributed by atoms with Gasteiger partial charge in [-0.25, -0.2) is 9.97 Å². The molecule has 224 valence electrons. The van der Waals surface area contributed by atoms with E-state index in [0.29, 0.717) is 31.7 Å². The van der Waals surface area contributed by atoms with E-state index < -0.39 is 11.3 Å². The number of carbonyl (C=O) groups is 2. The lowest BCUT2D eigenvalue weighted by Gasteiger charge is -2.27. The molecule has 1 aliphatic rings. The van der Waals surface area contributed by atoms with E-state index in [9.17, 15) is 9.59 Å². The van der Waals surface area contributed by atoms with Crippen LogP contribution in [0.2, 0.25) is 0 Å². The Labute approximate surface area is 258 Å². The third-order valence-electron chi connectivity index (χ3n) is 7.96. The summed E-state index contributed by atoms with van der Waals surface area (Å²) in [5.41, 5.74) is 11.0. The molecule has 0 saturated carbocycles. The highest BCUT2D eigenvalue weighted by molar-refractivity contribution is 5.85. The van der Waals surface area contributed by atoms with Gasteiger partial charge in [0.15, 0.2) is 0 Å². The highest BCUT2D eigenvalue weighted by Crippen LogP contribution is 2.33. The third kappa shape index (κ3) is 7.58. The fraction of sp³-hybridized carbons (Fsp3) is 0.222. The Morgan fingerprint density at radius 1 is 0.909 bits per heavy atom. The summed E-state index contributed by atoms with van der Waals surface area (Å²) in [6.45, 7) is 4.04. The Morgan fingerprint density at radius 2 is 1.68 bits per heavy atom. The molecule has 0 fully saturated rings. The fourth-order valence-electron chi connectivity index (χ4n) is 5.36. The number of anilines is 3. The number of benzene rings is 3. The van der Waals surface area contributed by atoms with Crippen molar-refractivity contribution in [3.05, 3.63) is 116 Å². The first-order valence-corrected chi connectivity index (χ1v) is 15.0. The molecule has 1 unspecified atom stereocenters. The van der Waals surface area contributed by atoms with Gasteiger partial charge in [0.1, 0.15) is 12.1 Å². The van der Waals surface area contributed by atoms with E-state index in [2.05, 4.69) is 74.9 Å². The molecule has 8 heteroatoms. The highest BCUT2D eigenvalue weighted by Gasteiger charge is 2.33. The van der Waals surface area contributed by atoms with Gasteiger partial charge in [-0.2, -0.15) is 0 Å². The summed E-state index contributed by atoms with van der Waals surface area (Å²) in [4.78, 5) is 35.7. The van der Waals surface area contributed by atoms with Gasteiger partial charge < -0.3 is 21.3 Å². The van der Waals surface area contributed by atoms with Crippen LogP contribution in [0.5, 0.6) is 0 Å². The van der Waals surface area contributed by atoms with E-state index in [0.717, 1.165) is 40.3 Å². The predicted octanol–water partition coefficient (Wildman–Crippen LogP) is 6.26. The number of aromatic nitrogens is 2. The number of hydrogen-bond donors (Lipinski definition) is 3. The molecule has 1 aromatic heterocycles.